The zero-order chi connectivity index (χ0) is 10.5. The Morgan fingerprint density at radius 1 is 1.00 bits per heavy atom. The van der Waals surface area contributed by atoms with Gasteiger partial charge in [0.1, 0.15) is 0 Å². The van der Waals surface area contributed by atoms with E-state index in [-0.39, 0.29) is 0 Å². The Kier molecular flexibility index (Phi) is 2.78. The largest absolute Gasteiger partial charge is 0.265 e. The fourth-order valence-corrected chi connectivity index (χ4v) is 1.04. The van der Waals surface area contributed by atoms with E-state index < -0.39 is 0 Å². The molecule has 0 N–H and O–H groups in total. The van der Waals surface area contributed by atoms with Gasteiger partial charge >= 0.3 is 0 Å². The maximum Gasteiger partial charge on any atom is 0.174 e. The first-order chi connectivity index (χ1) is 7.34. The number of aryl methyl sites for hydroxylation is 1. The SMILES string of the molecule is Cc1ccc(N=Nc2ccncc2)nc1. The van der Waals surface area contributed by atoms with Crippen LogP contribution in [0, 0.1) is 6.92 Å². The fourth-order valence-electron chi connectivity index (χ4n) is 1.04. The van der Waals surface area contributed by atoms with Gasteiger partial charge in [0, 0.05) is 18.6 Å². The van der Waals surface area contributed by atoms with Crippen LogP contribution in [-0.4, -0.2) is 9.97 Å². The third-order valence-electron chi connectivity index (χ3n) is 1.83. The summed E-state index contributed by atoms with van der Waals surface area (Å²) in [6.07, 6.45) is 5.12. The molecule has 4 heteroatoms. The van der Waals surface area contributed by atoms with Gasteiger partial charge in [-0.15, -0.1) is 10.2 Å². The predicted octanol–water partition coefficient (Wildman–Crippen LogP) is 3.20. The van der Waals surface area contributed by atoms with Gasteiger partial charge in [-0.2, -0.15) is 0 Å². The van der Waals surface area contributed by atoms with Gasteiger partial charge in [-0.25, -0.2) is 4.98 Å². The van der Waals surface area contributed by atoms with Crippen molar-refractivity contribution in [3.05, 3.63) is 48.4 Å². The summed E-state index contributed by atoms with van der Waals surface area (Å²) < 4.78 is 0. The minimum Gasteiger partial charge on any atom is -0.265 e. The molecule has 0 bridgehead atoms. The zero-order valence-corrected chi connectivity index (χ0v) is 8.33. The quantitative estimate of drug-likeness (QED) is 0.696. The third-order valence-corrected chi connectivity index (χ3v) is 1.83. The van der Waals surface area contributed by atoms with Crippen molar-refractivity contribution in [2.45, 2.75) is 6.92 Å². The molecule has 0 radical (unpaired) electrons. The lowest BCUT2D eigenvalue weighted by Crippen LogP contribution is -1.74. The Bertz CT molecular complexity index is 448. The Labute approximate surface area is 87.7 Å². The Hall–Kier alpha value is -2.10. The molecule has 0 amide bonds. The summed E-state index contributed by atoms with van der Waals surface area (Å²) >= 11 is 0. The second-order valence-electron chi connectivity index (χ2n) is 3.10. The van der Waals surface area contributed by atoms with Crippen molar-refractivity contribution in [2.75, 3.05) is 0 Å². The molecular formula is C11H10N4. The first kappa shape index (κ1) is 9.45. The fraction of sp³-hybridized carbons (Fsp3) is 0.0909. The van der Waals surface area contributed by atoms with Crippen LogP contribution in [0.3, 0.4) is 0 Å². The van der Waals surface area contributed by atoms with Crippen molar-refractivity contribution >= 4 is 11.5 Å². The molecular weight excluding hydrogens is 188 g/mol. The van der Waals surface area contributed by atoms with Crippen molar-refractivity contribution in [1.29, 1.82) is 0 Å². The summed E-state index contributed by atoms with van der Waals surface area (Å²) in [5.74, 6) is 0.609. The maximum absolute atomic E-state index is 4.12. The van der Waals surface area contributed by atoms with Gasteiger partial charge in [0.15, 0.2) is 5.82 Å². The molecule has 2 aromatic rings. The number of hydrogen-bond donors (Lipinski definition) is 0. The summed E-state index contributed by atoms with van der Waals surface area (Å²) in [6, 6.07) is 7.36. The standard InChI is InChI=1S/C11H10N4/c1-9-2-3-11(13-8-9)15-14-10-4-6-12-7-5-10/h2-8H,1H3. The molecule has 4 nitrogen and oxygen atoms in total. The second-order valence-corrected chi connectivity index (χ2v) is 3.10. The van der Waals surface area contributed by atoms with Crippen LogP contribution in [0.5, 0.6) is 0 Å². The Morgan fingerprint density at radius 2 is 1.80 bits per heavy atom. The van der Waals surface area contributed by atoms with Crippen LogP contribution in [0.2, 0.25) is 0 Å². The van der Waals surface area contributed by atoms with Gasteiger partial charge in [0.05, 0.1) is 5.69 Å². The summed E-state index contributed by atoms with van der Waals surface area (Å²) in [6.45, 7) is 1.98. The number of rotatable bonds is 2. The van der Waals surface area contributed by atoms with E-state index in [0.29, 0.717) is 5.82 Å². The van der Waals surface area contributed by atoms with Gasteiger partial charge in [0.25, 0.3) is 0 Å². The van der Waals surface area contributed by atoms with Crippen molar-refractivity contribution in [3.63, 3.8) is 0 Å². The minimum absolute atomic E-state index is 0.609. The topological polar surface area (TPSA) is 50.5 Å². The number of azo groups is 1. The van der Waals surface area contributed by atoms with E-state index in [4.69, 9.17) is 0 Å². The van der Waals surface area contributed by atoms with E-state index in [9.17, 15) is 0 Å². The summed E-state index contributed by atoms with van der Waals surface area (Å²) in [4.78, 5) is 8.01. The average molecular weight is 198 g/mol. The molecule has 0 unspecified atom stereocenters. The molecule has 74 valence electrons. The highest BCUT2D eigenvalue weighted by Crippen LogP contribution is 2.14. The molecule has 0 spiro atoms. The van der Waals surface area contributed by atoms with Crippen LogP contribution in [0.4, 0.5) is 11.5 Å². The van der Waals surface area contributed by atoms with Gasteiger partial charge in [-0.05, 0) is 30.7 Å². The molecule has 0 saturated heterocycles. The average Bonchev–Trinajstić information content (AvgIpc) is 2.30. The Balaban J connectivity index is 2.15. The van der Waals surface area contributed by atoms with Crippen molar-refractivity contribution < 1.29 is 0 Å². The van der Waals surface area contributed by atoms with Crippen LogP contribution in [0.1, 0.15) is 5.56 Å². The van der Waals surface area contributed by atoms with E-state index >= 15 is 0 Å². The molecule has 0 fully saturated rings. The van der Waals surface area contributed by atoms with Crippen molar-refractivity contribution in [2.24, 2.45) is 10.2 Å². The number of nitrogens with zero attached hydrogens (tertiary/aromatic N) is 4. The monoisotopic (exact) mass is 198 g/mol. The van der Waals surface area contributed by atoms with Crippen LogP contribution < -0.4 is 0 Å². The van der Waals surface area contributed by atoms with Gasteiger partial charge in [-0.1, -0.05) is 6.07 Å². The number of pyridine rings is 2. The van der Waals surface area contributed by atoms with Gasteiger partial charge in [-0.3, -0.25) is 4.98 Å². The number of hydrogen-bond acceptors (Lipinski definition) is 4. The first-order valence-corrected chi connectivity index (χ1v) is 4.59. The smallest absolute Gasteiger partial charge is 0.174 e. The van der Waals surface area contributed by atoms with E-state index in [0.717, 1.165) is 11.3 Å². The highest BCUT2D eigenvalue weighted by molar-refractivity contribution is 5.34. The molecule has 2 aromatic heterocycles. The summed E-state index contributed by atoms with van der Waals surface area (Å²) in [5.41, 5.74) is 1.88. The van der Waals surface area contributed by atoms with Crippen molar-refractivity contribution in [1.82, 2.24) is 9.97 Å². The lowest BCUT2D eigenvalue weighted by Gasteiger charge is -1.92. The van der Waals surface area contributed by atoms with Gasteiger partial charge < -0.3 is 0 Å². The molecule has 2 heterocycles. The van der Waals surface area contributed by atoms with E-state index in [1.165, 1.54) is 0 Å². The maximum atomic E-state index is 4.12. The highest BCUT2D eigenvalue weighted by Gasteiger charge is 1.90. The molecule has 0 saturated carbocycles. The van der Waals surface area contributed by atoms with Crippen LogP contribution in [0.25, 0.3) is 0 Å². The van der Waals surface area contributed by atoms with Crippen LogP contribution >= 0.6 is 0 Å². The Morgan fingerprint density at radius 3 is 2.47 bits per heavy atom. The summed E-state index contributed by atoms with van der Waals surface area (Å²) in [7, 11) is 0. The second kappa shape index (κ2) is 4.41. The van der Waals surface area contributed by atoms with Crippen LogP contribution in [-0.2, 0) is 0 Å². The highest BCUT2D eigenvalue weighted by atomic mass is 15.1. The minimum atomic E-state index is 0.609. The third kappa shape index (κ3) is 2.67. The van der Waals surface area contributed by atoms with Crippen LogP contribution in [0.15, 0.2) is 53.1 Å². The summed E-state index contributed by atoms with van der Waals surface area (Å²) in [5, 5.41) is 8.03. The molecule has 0 atom stereocenters. The lowest BCUT2D eigenvalue weighted by molar-refractivity contribution is 1.14. The van der Waals surface area contributed by atoms with Gasteiger partial charge in [0.2, 0.25) is 0 Å². The predicted molar refractivity (Wildman–Crippen MR) is 57.4 cm³/mol. The molecule has 0 aliphatic carbocycles. The first-order valence-electron chi connectivity index (χ1n) is 4.59. The molecule has 2 rings (SSSR count). The molecule has 0 aromatic carbocycles. The number of aromatic nitrogens is 2. The molecule has 15 heavy (non-hydrogen) atoms. The van der Waals surface area contributed by atoms with E-state index in [1.807, 2.05) is 19.1 Å². The van der Waals surface area contributed by atoms with Crippen molar-refractivity contribution in [3.8, 4) is 0 Å². The lowest BCUT2D eigenvalue weighted by atomic mass is 10.3. The van der Waals surface area contributed by atoms with E-state index in [1.54, 1.807) is 30.7 Å². The molecule has 0 aliphatic rings. The molecule has 0 aliphatic heterocycles. The zero-order valence-electron chi connectivity index (χ0n) is 8.33. The van der Waals surface area contributed by atoms with E-state index in [2.05, 4.69) is 20.2 Å². The normalized spacial score (nSPS) is 10.7.